The van der Waals surface area contributed by atoms with Crippen molar-refractivity contribution in [2.24, 2.45) is 0 Å². The van der Waals surface area contributed by atoms with E-state index in [-0.39, 0.29) is 37.0 Å². The van der Waals surface area contributed by atoms with Crippen LogP contribution in [-0.2, 0) is 11.2 Å². The number of benzene rings is 2. The number of β-amino-alcohol motifs (C(OH)–C–C–N with tert-alkyl or cyclic N) is 1. The highest BCUT2D eigenvalue weighted by molar-refractivity contribution is 7.18. The molecular formula is C28H31ClN4O3S. The van der Waals surface area contributed by atoms with E-state index in [2.05, 4.69) is 34.6 Å². The molecule has 1 aliphatic heterocycles. The molecule has 7 nitrogen and oxygen atoms in total. The van der Waals surface area contributed by atoms with Crippen LogP contribution in [0.3, 0.4) is 0 Å². The second-order valence-corrected chi connectivity index (χ2v) is 10.7. The van der Waals surface area contributed by atoms with Crippen molar-refractivity contribution in [2.75, 3.05) is 19.6 Å². The normalized spacial score (nSPS) is 18.4. The number of carbonyl (C=O) groups excluding carboxylic acids is 1. The number of rotatable bonds is 7. The number of aliphatic hydroxyl groups is 1. The molecule has 2 unspecified atom stereocenters. The number of nitrogens with zero attached hydrogens (tertiary/aromatic N) is 3. The Morgan fingerprint density at radius 3 is 2.89 bits per heavy atom. The van der Waals surface area contributed by atoms with Crippen LogP contribution in [0.4, 0.5) is 0 Å². The third-order valence-corrected chi connectivity index (χ3v) is 7.85. The molecule has 0 spiro atoms. The largest absolute Gasteiger partial charge is 0.490 e. The number of nitrogens with one attached hydrogen (secondary N) is 1. The summed E-state index contributed by atoms with van der Waals surface area (Å²) in [7, 11) is 0. The number of hydrogen-bond acceptors (Lipinski definition) is 7. The summed E-state index contributed by atoms with van der Waals surface area (Å²) in [4.78, 5) is 20.0. The smallest absolute Gasteiger partial charge is 0.236 e. The molecule has 2 aromatic carbocycles. The topological polar surface area (TPSA) is 98.5 Å². The van der Waals surface area contributed by atoms with Crippen LogP contribution in [0.2, 0.25) is 0 Å². The molecule has 1 aromatic heterocycles. The fourth-order valence-electron chi connectivity index (χ4n) is 5.03. The lowest BCUT2D eigenvalue weighted by molar-refractivity contribution is -0.129. The van der Waals surface area contributed by atoms with E-state index in [9.17, 15) is 15.2 Å². The van der Waals surface area contributed by atoms with Crippen molar-refractivity contribution in [3.8, 4) is 32.8 Å². The first-order valence-corrected chi connectivity index (χ1v) is 13.2. The molecule has 2 atom stereocenters. The number of likely N-dealkylation sites (tertiary alicyclic amines) is 1. The van der Waals surface area contributed by atoms with Crippen molar-refractivity contribution in [3.05, 3.63) is 59.3 Å². The molecule has 2 heterocycles. The number of fused-ring (bicyclic) bond motifs is 1. The lowest BCUT2D eigenvalue weighted by Crippen LogP contribution is -2.38. The van der Waals surface area contributed by atoms with Crippen LogP contribution >= 0.6 is 23.7 Å². The van der Waals surface area contributed by atoms with Gasteiger partial charge < -0.3 is 20.1 Å². The monoisotopic (exact) mass is 538 g/mol. The SMILES string of the molecule is CC(C)Oc1ccc(-c2ncc(-c3cccc4c3CCC4NCC(=O)N3CCC(O)C3)s2)cc1C#N.Cl. The Morgan fingerprint density at radius 1 is 1.32 bits per heavy atom. The fourth-order valence-corrected chi connectivity index (χ4v) is 5.99. The van der Waals surface area contributed by atoms with Crippen molar-refractivity contribution in [3.63, 3.8) is 0 Å². The van der Waals surface area contributed by atoms with Gasteiger partial charge in [0.05, 0.1) is 29.2 Å². The van der Waals surface area contributed by atoms with Gasteiger partial charge in [-0.2, -0.15) is 5.26 Å². The molecule has 2 N–H and O–H groups in total. The zero-order valence-electron chi connectivity index (χ0n) is 20.9. The maximum atomic E-state index is 12.5. The van der Waals surface area contributed by atoms with E-state index in [1.807, 2.05) is 38.2 Å². The number of nitriles is 1. The molecule has 1 amide bonds. The molecule has 2 aliphatic rings. The van der Waals surface area contributed by atoms with Crippen molar-refractivity contribution in [2.45, 2.75) is 51.4 Å². The summed E-state index contributed by atoms with van der Waals surface area (Å²) in [5.74, 6) is 0.636. The maximum absolute atomic E-state index is 12.5. The quantitative estimate of drug-likeness (QED) is 0.451. The van der Waals surface area contributed by atoms with Crippen molar-refractivity contribution >= 4 is 29.7 Å². The van der Waals surface area contributed by atoms with Gasteiger partial charge in [0, 0.05) is 30.9 Å². The van der Waals surface area contributed by atoms with Crippen LogP contribution in [0.25, 0.3) is 21.0 Å². The van der Waals surface area contributed by atoms with Crippen molar-refractivity contribution in [1.82, 2.24) is 15.2 Å². The van der Waals surface area contributed by atoms with E-state index >= 15 is 0 Å². The first kappa shape index (κ1) is 27.1. The second-order valence-electron chi connectivity index (χ2n) is 9.65. The Balaban J connectivity index is 0.00000320. The third kappa shape index (κ3) is 5.81. The van der Waals surface area contributed by atoms with Gasteiger partial charge >= 0.3 is 0 Å². The standard InChI is InChI=1S/C28H30N4O3S.ClH/c1-17(2)35-25-9-6-18(12-19(25)13-29)28-31-14-26(36-28)23-5-3-4-22-21(23)7-8-24(22)30-15-27(34)32-11-10-20(33)16-32;/h3-6,9,12,14,17,20,24,30,33H,7-8,10-11,15-16H2,1-2H3;1H. The highest BCUT2D eigenvalue weighted by atomic mass is 35.5. The molecule has 5 rings (SSSR count). The zero-order valence-corrected chi connectivity index (χ0v) is 22.6. The Labute approximate surface area is 227 Å². The molecule has 0 saturated carbocycles. The van der Waals surface area contributed by atoms with Gasteiger partial charge in [0.1, 0.15) is 16.8 Å². The summed E-state index contributed by atoms with van der Waals surface area (Å²) in [5.41, 5.74) is 5.11. The van der Waals surface area contributed by atoms with Gasteiger partial charge in [-0.15, -0.1) is 23.7 Å². The van der Waals surface area contributed by atoms with Gasteiger partial charge in [-0.3, -0.25) is 4.79 Å². The molecule has 1 fully saturated rings. The molecule has 3 aromatic rings. The minimum Gasteiger partial charge on any atom is -0.490 e. The summed E-state index contributed by atoms with van der Waals surface area (Å²) >= 11 is 1.61. The number of ether oxygens (including phenoxy) is 1. The minimum absolute atomic E-state index is 0. The van der Waals surface area contributed by atoms with Crippen LogP contribution < -0.4 is 10.1 Å². The predicted molar refractivity (Wildman–Crippen MR) is 147 cm³/mol. The van der Waals surface area contributed by atoms with Gasteiger partial charge in [-0.05, 0) is 68.0 Å². The predicted octanol–water partition coefficient (Wildman–Crippen LogP) is 4.73. The molecular weight excluding hydrogens is 508 g/mol. The first-order chi connectivity index (χ1) is 17.4. The van der Waals surface area contributed by atoms with E-state index in [1.165, 1.54) is 16.7 Å². The highest BCUT2D eigenvalue weighted by Gasteiger charge is 2.28. The Kier molecular flexibility index (Phi) is 8.50. The van der Waals surface area contributed by atoms with Gasteiger partial charge in [0.15, 0.2) is 0 Å². The number of hydrogen-bond donors (Lipinski definition) is 2. The van der Waals surface area contributed by atoms with Gasteiger partial charge in [-0.25, -0.2) is 4.98 Å². The Bertz CT molecular complexity index is 1320. The van der Waals surface area contributed by atoms with Gasteiger partial charge in [-0.1, -0.05) is 18.2 Å². The van der Waals surface area contributed by atoms with Crippen LogP contribution in [0.1, 0.15) is 49.4 Å². The zero-order chi connectivity index (χ0) is 25.2. The molecule has 194 valence electrons. The number of thiazole rings is 1. The number of amides is 1. The summed E-state index contributed by atoms with van der Waals surface area (Å²) in [6, 6.07) is 14.3. The third-order valence-electron chi connectivity index (χ3n) is 6.77. The van der Waals surface area contributed by atoms with Crippen LogP contribution in [0, 0.1) is 11.3 Å². The number of halogens is 1. The molecule has 9 heteroatoms. The summed E-state index contributed by atoms with van der Waals surface area (Å²) in [6.07, 6.45) is 4.04. The lowest BCUT2D eigenvalue weighted by atomic mass is 10.0. The van der Waals surface area contributed by atoms with Crippen LogP contribution in [0.15, 0.2) is 42.6 Å². The molecule has 0 bridgehead atoms. The minimum atomic E-state index is -0.397. The van der Waals surface area contributed by atoms with Gasteiger partial charge in [0.25, 0.3) is 0 Å². The summed E-state index contributed by atoms with van der Waals surface area (Å²) in [5, 5.41) is 23.6. The summed E-state index contributed by atoms with van der Waals surface area (Å²) < 4.78 is 5.75. The van der Waals surface area contributed by atoms with Crippen LogP contribution in [-0.4, -0.2) is 52.7 Å². The first-order valence-electron chi connectivity index (χ1n) is 12.4. The van der Waals surface area contributed by atoms with E-state index in [1.54, 1.807) is 16.2 Å². The highest BCUT2D eigenvalue weighted by Crippen LogP contribution is 2.41. The van der Waals surface area contributed by atoms with Crippen molar-refractivity contribution < 1.29 is 14.6 Å². The summed E-state index contributed by atoms with van der Waals surface area (Å²) in [6.45, 7) is 5.23. The van der Waals surface area contributed by atoms with Crippen LogP contribution in [0.5, 0.6) is 5.75 Å². The average Bonchev–Trinajstić information content (AvgIpc) is 3.62. The number of carbonyl (C=O) groups is 1. The fraction of sp³-hybridized carbons (Fsp3) is 0.393. The lowest BCUT2D eigenvalue weighted by Gasteiger charge is -2.19. The number of aliphatic hydroxyl groups excluding tert-OH is 1. The molecule has 37 heavy (non-hydrogen) atoms. The van der Waals surface area contributed by atoms with Gasteiger partial charge in [0.2, 0.25) is 5.91 Å². The number of aromatic nitrogens is 1. The molecule has 1 aliphatic carbocycles. The van der Waals surface area contributed by atoms with Crippen molar-refractivity contribution in [1.29, 1.82) is 5.26 Å². The van der Waals surface area contributed by atoms with E-state index in [4.69, 9.17) is 4.74 Å². The van der Waals surface area contributed by atoms with E-state index in [0.29, 0.717) is 30.8 Å². The second kappa shape index (κ2) is 11.6. The Hall–Kier alpha value is -2.96. The Morgan fingerprint density at radius 2 is 2.16 bits per heavy atom. The average molecular weight is 539 g/mol. The molecule has 1 saturated heterocycles. The van der Waals surface area contributed by atoms with E-state index in [0.717, 1.165) is 28.3 Å². The van der Waals surface area contributed by atoms with E-state index < -0.39 is 6.10 Å². The molecule has 0 radical (unpaired) electrons. The maximum Gasteiger partial charge on any atom is 0.236 e.